The summed E-state index contributed by atoms with van der Waals surface area (Å²) >= 11 is 2.97. The normalized spacial score (nSPS) is 11.2. The number of nitrogens with zero attached hydrogens (tertiary/aromatic N) is 2. The Hall–Kier alpha value is -1.80. The number of nitrogens with one attached hydrogen (secondary N) is 1. The first kappa shape index (κ1) is 13.6. The molecule has 0 fully saturated rings. The van der Waals surface area contributed by atoms with Crippen molar-refractivity contribution in [3.63, 3.8) is 0 Å². The summed E-state index contributed by atoms with van der Waals surface area (Å²) in [7, 11) is 1.65. The monoisotopic (exact) mass is 297 g/mol. The zero-order valence-electron chi connectivity index (χ0n) is 9.99. The molecule has 0 atom stereocenters. The summed E-state index contributed by atoms with van der Waals surface area (Å²) in [5.74, 6) is -0.339. The second-order valence-corrected chi connectivity index (χ2v) is 5.57. The molecular formula is C11H11N3O3S2. The number of aromatic amines is 1. The van der Waals surface area contributed by atoms with Crippen molar-refractivity contribution >= 4 is 35.1 Å². The van der Waals surface area contributed by atoms with E-state index in [0.29, 0.717) is 10.9 Å². The minimum Gasteiger partial charge on any atom is -0.478 e. The number of rotatable bonds is 5. The standard InChI is InChI=1S/C11H11N3O3S2/c1-14-10(17)12-13-11(14)19-6-8-7(4-5-18-8)2-3-9(15)16/h2-5H,6H2,1H3,(H,12,17)(H,15,16). The van der Waals surface area contributed by atoms with Gasteiger partial charge in [-0.15, -0.1) is 16.4 Å². The first-order chi connectivity index (χ1) is 9.08. The third-order valence-corrected chi connectivity index (χ3v) is 4.53. The first-order valence-corrected chi connectivity index (χ1v) is 7.16. The van der Waals surface area contributed by atoms with Crippen molar-refractivity contribution < 1.29 is 9.90 Å². The third kappa shape index (κ3) is 3.36. The fourth-order valence-corrected chi connectivity index (χ4v) is 3.28. The first-order valence-electron chi connectivity index (χ1n) is 5.29. The number of H-pyrrole nitrogens is 1. The van der Waals surface area contributed by atoms with Crippen LogP contribution in [-0.2, 0) is 17.6 Å². The number of carboxylic acid groups (broad SMARTS) is 1. The van der Waals surface area contributed by atoms with Gasteiger partial charge >= 0.3 is 11.7 Å². The van der Waals surface area contributed by atoms with Crippen LogP contribution in [0.5, 0.6) is 0 Å². The molecule has 2 aromatic heterocycles. The topological polar surface area (TPSA) is 88.0 Å². The molecule has 0 saturated heterocycles. The van der Waals surface area contributed by atoms with Crippen LogP contribution in [0.1, 0.15) is 10.4 Å². The Morgan fingerprint density at radius 1 is 1.68 bits per heavy atom. The molecule has 6 nitrogen and oxygen atoms in total. The van der Waals surface area contributed by atoms with Gasteiger partial charge in [0, 0.05) is 23.8 Å². The Morgan fingerprint density at radius 2 is 2.47 bits per heavy atom. The molecule has 100 valence electrons. The molecule has 0 aliphatic rings. The van der Waals surface area contributed by atoms with Gasteiger partial charge in [0.25, 0.3) is 0 Å². The fraction of sp³-hybridized carbons (Fsp3) is 0.182. The zero-order valence-corrected chi connectivity index (χ0v) is 11.6. The highest BCUT2D eigenvalue weighted by molar-refractivity contribution is 7.98. The number of carbonyl (C=O) groups is 1. The molecule has 2 N–H and O–H groups in total. The van der Waals surface area contributed by atoms with E-state index in [4.69, 9.17) is 5.11 Å². The summed E-state index contributed by atoms with van der Waals surface area (Å²) in [5, 5.41) is 17.4. The average molecular weight is 297 g/mol. The third-order valence-electron chi connectivity index (χ3n) is 2.36. The summed E-state index contributed by atoms with van der Waals surface area (Å²) < 4.78 is 1.44. The van der Waals surface area contributed by atoms with Crippen LogP contribution in [0, 0.1) is 0 Å². The van der Waals surface area contributed by atoms with E-state index in [1.807, 2.05) is 11.4 Å². The molecule has 0 amide bonds. The van der Waals surface area contributed by atoms with Crippen LogP contribution in [0.2, 0.25) is 0 Å². The number of hydrogen-bond acceptors (Lipinski definition) is 5. The Labute approximate surface area is 116 Å². The van der Waals surface area contributed by atoms with Crippen molar-refractivity contribution in [2.24, 2.45) is 7.05 Å². The lowest BCUT2D eigenvalue weighted by molar-refractivity contribution is -0.131. The van der Waals surface area contributed by atoms with Crippen LogP contribution < -0.4 is 5.69 Å². The minimum atomic E-state index is -0.973. The molecular weight excluding hydrogens is 286 g/mol. The minimum absolute atomic E-state index is 0.250. The predicted octanol–water partition coefficient (Wildman–Crippen LogP) is 1.56. The molecule has 0 aliphatic heterocycles. The molecule has 0 aromatic carbocycles. The molecule has 0 aliphatic carbocycles. The highest BCUT2D eigenvalue weighted by Crippen LogP contribution is 2.26. The summed E-state index contributed by atoms with van der Waals surface area (Å²) in [4.78, 5) is 22.7. The van der Waals surface area contributed by atoms with E-state index in [9.17, 15) is 9.59 Å². The van der Waals surface area contributed by atoms with Crippen LogP contribution in [0.4, 0.5) is 0 Å². The van der Waals surface area contributed by atoms with E-state index in [1.54, 1.807) is 24.5 Å². The van der Waals surface area contributed by atoms with Gasteiger partial charge in [-0.25, -0.2) is 14.7 Å². The van der Waals surface area contributed by atoms with E-state index < -0.39 is 5.97 Å². The highest BCUT2D eigenvalue weighted by atomic mass is 32.2. The van der Waals surface area contributed by atoms with Crippen molar-refractivity contribution in [3.05, 3.63) is 38.4 Å². The number of aromatic nitrogens is 3. The van der Waals surface area contributed by atoms with Crippen molar-refractivity contribution in [1.82, 2.24) is 14.8 Å². The number of thioether (sulfide) groups is 1. The molecule has 0 saturated carbocycles. The second-order valence-electron chi connectivity index (χ2n) is 3.63. The molecule has 2 heterocycles. The summed E-state index contributed by atoms with van der Waals surface area (Å²) in [6, 6.07) is 1.86. The van der Waals surface area contributed by atoms with E-state index in [0.717, 1.165) is 16.5 Å². The Balaban J connectivity index is 2.08. The fourth-order valence-electron chi connectivity index (χ4n) is 1.37. The molecule has 2 aromatic rings. The molecule has 8 heteroatoms. The lowest BCUT2D eigenvalue weighted by Gasteiger charge is -1.99. The lowest BCUT2D eigenvalue weighted by Crippen LogP contribution is -2.12. The molecule has 0 radical (unpaired) electrons. The number of carboxylic acids is 1. The van der Waals surface area contributed by atoms with Crippen molar-refractivity contribution in [2.45, 2.75) is 10.9 Å². The smallest absolute Gasteiger partial charge is 0.343 e. The van der Waals surface area contributed by atoms with Gasteiger partial charge in [-0.2, -0.15) is 0 Å². The van der Waals surface area contributed by atoms with Gasteiger partial charge < -0.3 is 5.11 Å². The number of thiophene rings is 1. The van der Waals surface area contributed by atoms with Crippen LogP contribution in [0.25, 0.3) is 6.08 Å². The van der Waals surface area contributed by atoms with Gasteiger partial charge in [0.2, 0.25) is 0 Å². The van der Waals surface area contributed by atoms with Crippen LogP contribution >= 0.6 is 23.1 Å². The SMILES string of the molecule is Cn1c(SCc2sccc2C=CC(=O)O)n[nH]c1=O. The van der Waals surface area contributed by atoms with Gasteiger partial charge in [-0.1, -0.05) is 11.8 Å². The Morgan fingerprint density at radius 3 is 3.11 bits per heavy atom. The summed E-state index contributed by atoms with van der Waals surface area (Å²) in [6.45, 7) is 0. The van der Waals surface area contributed by atoms with E-state index >= 15 is 0 Å². The van der Waals surface area contributed by atoms with Gasteiger partial charge in [-0.05, 0) is 23.1 Å². The highest BCUT2D eigenvalue weighted by Gasteiger charge is 2.08. The van der Waals surface area contributed by atoms with Gasteiger partial charge in [0.1, 0.15) is 0 Å². The van der Waals surface area contributed by atoms with Crippen molar-refractivity contribution in [3.8, 4) is 0 Å². The average Bonchev–Trinajstić information content (AvgIpc) is 2.94. The predicted molar refractivity (Wildman–Crippen MR) is 74.4 cm³/mol. The van der Waals surface area contributed by atoms with E-state index in [-0.39, 0.29) is 5.69 Å². The van der Waals surface area contributed by atoms with Gasteiger partial charge in [0.05, 0.1) is 0 Å². The van der Waals surface area contributed by atoms with Crippen LogP contribution in [0.3, 0.4) is 0 Å². The number of aliphatic carboxylic acids is 1. The Kier molecular flexibility index (Phi) is 4.23. The maximum Gasteiger partial charge on any atom is 0.343 e. The molecule has 2 rings (SSSR count). The van der Waals surface area contributed by atoms with Crippen LogP contribution in [0.15, 0.2) is 27.5 Å². The van der Waals surface area contributed by atoms with Gasteiger partial charge in [0.15, 0.2) is 5.16 Å². The van der Waals surface area contributed by atoms with E-state index in [1.165, 1.54) is 16.3 Å². The molecule has 0 spiro atoms. The Bertz CT molecular complexity index is 669. The largest absolute Gasteiger partial charge is 0.478 e. The zero-order chi connectivity index (χ0) is 13.8. The molecule has 19 heavy (non-hydrogen) atoms. The maximum atomic E-state index is 11.2. The molecule has 0 bridgehead atoms. The maximum absolute atomic E-state index is 11.2. The van der Waals surface area contributed by atoms with Gasteiger partial charge in [-0.3, -0.25) is 4.57 Å². The van der Waals surface area contributed by atoms with E-state index in [2.05, 4.69) is 10.2 Å². The van der Waals surface area contributed by atoms with Crippen LogP contribution in [-0.4, -0.2) is 25.8 Å². The summed E-state index contributed by atoms with van der Waals surface area (Å²) in [6.07, 6.45) is 2.68. The lowest BCUT2D eigenvalue weighted by atomic mass is 10.2. The number of hydrogen-bond donors (Lipinski definition) is 2. The second kappa shape index (κ2) is 5.89. The van der Waals surface area contributed by atoms with Crippen molar-refractivity contribution in [2.75, 3.05) is 0 Å². The summed E-state index contributed by atoms with van der Waals surface area (Å²) in [5.41, 5.74) is 0.625. The molecule has 0 unspecified atom stereocenters. The van der Waals surface area contributed by atoms with Crippen molar-refractivity contribution in [1.29, 1.82) is 0 Å². The quantitative estimate of drug-likeness (QED) is 0.646.